The highest BCUT2D eigenvalue weighted by atomic mass is 19.1. The van der Waals surface area contributed by atoms with E-state index in [2.05, 4.69) is 24.6 Å². The highest BCUT2D eigenvalue weighted by Crippen LogP contribution is 2.19. The molecule has 0 fully saturated rings. The maximum atomic E-state index is 13.2. The zero-order chi connectivity index (χ0) is 13.2. The van der Waals surface area contributed by atoms with Gasteiger partial charge < -0.3 is 0 Å². The maximum Gasteiger partial charge on any atom is 0.439 e. The first-order chi connectivity index (χ1) is 9.22. The third-order valence-corrected chi connectivity index (χ3v) is 2.44. The molecule has 1 N–H and O–H groups in total. The van der Waals surface area contributed by atoms with E-state index in [9.17, 15) is 9.18 Å². The van der Waals surface area contributed by atoms with E-state index >= 15 is 0 Å². The lowest BCUT2D eigenvalue weighted by molar-refractivity contribution is 0.387. The molecule has 94 valence electrons. The van der Waals surface area contributed by atoms with Crippen LogP contribution in [0.3, 0.4) is 0 Å². The Labute approximate surface area is 105 Å². The van der Waals surface area contributed by atoms with E-state index in [-0.39, 0.29) is 11.6 Å². The van der Waals surface area contributed by atoms with Crippen LogP contribution in [0.4, 0.5) is 4.39 Å². The molecule has 1 aromatic carbocycles. The minimum absolute atomic E-state index is 0.177. The van der Waals surface area contributed by atoms with Crippen LogP contribution in [0.15, 0.2) is 46.0 Å². The lowest BCUT2D eigenvalue weighted by Crippen LogP contribution is -1.96. The Morgan fingerprint density at radius 1 is 1.21 bits per heavy atom. The second kappa shape index (κ2) is 4.45. The number of aromatic nitrogens is 4. The fraction of sp³-hybridized carbons (Fsp3) is 0. The molecule has 7 heteroatoms. The fourth-order valence-corrected chi connectivity index (χ4v) is 1.61. The summed E-state index contributed by atoms with van der Waals surface area (Å²) < 4.78 is 17.6. The number of hydrogen-bond acceptors (Lipinski definition) is 5. The highest BCUT2D eigenvalue weighted by Gasteiger charge is 2.08. The van der Waals surface area contributed by atoms with Gasteiger partial charge in [0.25, 0.3) is 0 Å². The van der Waals surface area contributed by atoms with Gasteiger partial charge in [0.1, 0.15) is 11.5 Å². The molecule has 0 bridgehead atoms. The van der Waals surface area contributed by atoms with Gasteiger partial charge in [-0.25, -0.2) is 14.2 Å². The molecule has 2 aromatic heterocycles. The Balaban J connectivity index is 2.07. The minimum Gasteiger partial charge on any atom is -0.296 e. The van der Waals surface area contributed by atoms with Gasteiger partial charge in [-0.15, -0.1) is 0 Å². The van der Waals surface area contributed by atoms with Crippen LogP contribution in [0.1, 0.15) is 0 Å². The summed E-state index contributed by atoms with van der Waals surface area (Å²) in [4.78, 5) is 21.5. The second-order valence-electron chi connectivity index (χ2n) is 3.74. The first-order valence-electron chi connectivity index (χ1n) is 5.37. The van der Waals surface area contributed by atoms with Crippen molar-refractivity contribution < 1.29 is 8.91 Å². The highest BCUT2D eigenvalue weighted by molar-refractivity contribution is 5.61. The molecule has 0 radical (unpaired) electrons. The number of nitrogens with zero attached hydrogens (tertiary/aromatic N) is 3. The van der Waals surface area contributed by atoms with Gasteiger partial charge in [-0.2, -0.15) is 0 Å². The summed E-state index contributed by atoms with van der Waals surface area (Å²) in [6.07, 6.45) is 2.92. The molecular weight excluding hydrogens is 251 g/mol. The van der Waals surface area contributed by atoms with Crippen molar-refractivity contribution >= 4 is 0 Å². The molecule has 3 rings (SSSR count). The van der Waals surface area contributed by atoms with Gasteiger partial charge >= 0.3 is 5.76 Å². The van der Waals surface area contributed by atoms with Crippen molar-refractivity contribution in [2.75, 3.05) is 0 Å². The van der Waals surface area contributed by atoms with Gasteiger partial charge in [-0.1, -0.05) is 17.3 Å². The molecule has 3 aromatic rings. The van der Waals surface area contributed by atoms with E-state index in [1.165, 1.54) is 24.5 Å². The zero-order valence-electron chi connectivity index (χ0n) is 9.50. The number of hydrogen-bond donors (Lipinski definition) is 1. The van der Waals surface area contributed by atoms with Crippen LogP contribution in [-0.4, -0.2) is 20.1 Å². The number of halogens is 1. The summed E-state index contributed by atoms with van der Waals surface area (Å²) in [5.41, 5.74) is 1.40. The van der Waals surface area contributed by atoms with Crippen molar-refractivity contribution in [2.45, 2.75) is 0 Å². The SMILES string of the molecule is O=c1[nH]c(-c2cncc(-c3cccc(F)c3)n2)no1. The third kappa shape index (κ3) is 2.25. The van der Waals surface area contributed by atoms with E-state index in [1.807, 2.05) is 0 Å². The predicted octanol–water partition coefficient (Wildman–Crippen LogP) is 1.63. The molecule has 0 saturated heterocycles. The summed E-state index contributed by atoms with van der Waals surface area (Å²) in [7, 11) is 0. The Hall–Kier alpha value is -2.83. The second-order valence-corrected chi connectivity index (χ2v) is 3.74. The van der Waals surface area contributed by atoms with Crippen molar-refractivity contribution in [2.24, 2.45) is 0 Å². The van der Waals surface area contributed by atoms with Crippen molar-refractivity contribution in [3.05, 3.63) is 53.0 Å². The predicted molar refractivity (Wildman–Crippen MR) is 63.5 cm³/mol. The Morgan fingerprint density at radius 3 is 2.79 bits per heavy atom. The average Bonchev–Trinajstić information content (AvgIpc) is 2.86. The number of aromatic amines is 1. The minimum atomic E-state index is -0.673. The van der Waals surface area contributed by atoms with Crippen LogP contribution in [0.5, 0.6) is 0 Å². The topological polar surface area (TPSA) is 84.7 Å². The van der Waals surface area contributed by atoms with E-state index in [0.717, 1.165) is 0 Å². The van der Waals surface area contributed by atoms with Crippen molar-refractivity contribution in [3.63, 3.8) is 0 Å². The molecule has 19 heavy (non-hydrogen) atoms. The van der Waals surface area contributed by atoms with Crippen LogP contribution in [-0.2, 0) is 0 Å². The molecule has 6 nitrogen and oxygen atoms in total. The molecule has 0 aliphatic rings. The number of nitrogens with one attached hydrogen (secondary N) is 1. The van der Waals surface area contributed by atoms with Crippen molar-refractivity contribution in [1.29, 1.82) is 0 Å². The van der Waals surface area contributed by atoms with Gasteiger partial charge in [0.15, 0.2) is 0 Å². The van der Waals surface area contributed by atoms with Crippen LogP contribution >= 0.6 is 0 Å². The summed E-state index contributed by atoms with van der Waals surface area (Å²) >= 11 is 0. The van der Waals surface area contributed by atoms with E-state index < -0.39 is 5.76 Å². The monoisotopic (exact) mass is 258 g/mol. The molecule has 2 heterocycles. The van der Waals surface area contributed by atoms with Crippen LogP contribution in [0.25, 0.3) is 22.8 Å². The summed E-state index contributed by atoms with van der Waals surface area (Å²) in [6, 6.07) is 5.98. The standard InChI is InChI=1S/C12H7FN4O2/c13-8-3-1-2-7(4-8)9-5-14-6-10(15-9)11-16-12(18)19-17-11/h1-6H,(H,16,17,18). The lowest BCUT2D eigenvalue weighted by atomic mass is 10.1. The summed E-state index contributed by atoms with van der Waals surface area (Å²) in [5.74, 6) is -0.858. The summed E-state index contributed by atoms with van der Waals surface area (Å²) in [5, 5.41) is 3.52. The van der Waals surface area contributed by atoms with Crippen molar-refractivity contribution in [1.82, 2.24) is 20.1 Å². The first-order valence-corrected chi connectivity index (χ1v) is 5.37. The number of H-pyrrole nitrogens is 1. The van der Waals surface area contributed by atoms with Gasteiger partial charge in [-0.3, -0.25) is 14.5 Å². The van der Waals surface area contributed by atoms with Crippen LogP contribution in [0, 0.1) is 5.82 Å². The molecular formula is C12H7FN4O2. The molecule has 0 aliphatic heterocycles. The molecule has 0 atom stereocenters. The quantitative estimate of drug-likeness (QED) is 0.755. The van der Waals surface area contributed by atoms with Crippen LogP contribution in [0.2, 0.25) is 0 Å². The largest absolute Gasteiger partial charge is 0.439 e. The van der Waals surface area contributed by atoms with E-state index in [0.29, 0.717) is 17.0 Å². The Bertz CT molecular complexity index is 781. The zero-order valence-corrected chi connectivity index (χ0v) is 9.50. The maximum absolute atomic E-state index is 13.2. The normalized spacial score (nSPS) is 10.6. The van der Waals surface area contributed by atoms with E-state index in [1.54, 1.807) is 12.1 Å². The van der Waals surface area contributed by atoms with Gasteiger partial charge in [-0.05, 0) is 12.1 Å². The molecule has 0 aliphatic carbocycles. The Morgan fingerprint density at radius 2 is 2.05 bits per heavy atom. The first kappa shape index (κ1) is 11.3. The number of rotatable bonds is 2. The van der Waals surface area contributed by atoms with Gasteiger partial charge in [0, 0.05) is 5.56 Å². The third-order valence-electron chi connectivity index (χ3n) is 2.44. The van der Waals surface area contributed by atoms with Crippen molar-refractivity contribution in [3.8, 4) is 22.8 Å². The molecule has 0 unspecified atom stereocenters. The summed E-state index contributed by atoms with van der Waals surface area (Å²) in [6.45, 7) is 0. The Kier molecular flexibility index (Phi) is 2.64. The van der Waals surface area contributed by atoms with Gasteiger partial charge in [0.05, 0.1) is 18.1 Å². The smallest absolute Gasteiger partial charge is 0.296 e. The lowest BCUT2D eigenvalue weighted by Gasteiger charge is -2.01. The van der Waals surface area contributed by atoms with Gasteiger partial charge in [0.2, 0.25) is 5.82 Å². The molecule has 0 spiro atoms. The fourth-order valence-electron chi connectivity index (χ4n) is 1.61. The number of benzene rings is 1. The van der Waals surface area contributed by atoms with E-state index in [4.69, 9.17) is 0 Å². The average molecular weight is 258 g/mol. The molecule has 0 saturated carbocycles. The molecule has 0 amide bonds. The van der Waals surface area contributed by atoms with Crippen LogP contribution < -0.4 is 5.76 Å².